The number of phenolic OH excluding ortho intramolecular Hbond substituents is 1. The van der Waals surface area contributed by atoms with E-state index >= 15 is 0 Å². The Labute approximate surface area is 161 Å². The average Bonchev–Trinajstić information content (AvgIpc) is 3.10. The van der Waals surface area contributed by atoms with E-state index in [1.807, 2.05) is 6.92 Å². The van der Waals surface area contributed by atoms with E-state index in [1.165, 1.54) is 14.0 Å². The minimum atomic E-state index is -0.780. The molecule has 0 fully saturated rings. The van der Waals surface area contributed by atoms with Crippen molar-refractivity contribution in [2.45, 2.75) is 32.9 Å². The molecule has 7 nitrogen and oxygen atoms in total. The lowest BCUT2D eigenvalue weighted by atomic mass is 10.1. The molecule has 8 heteroatoms. The molecule has 1 aromatic carbocycles. The Balaban J connectivity index is 2.08. The first kappa shape index (κ1) is 20.4. The molecule has 27 heavy (non-hydrogen) atoms. The van der Waals surface area contributed by atoms with E-state index in [9.17, 15) is 19.5 Å². The fourth-order valence-electron chi connectivity index (χ4n) is 2.43. The Morgan fingerprint density at radius 2 is 1.96 bits per heavy atom. The number of esters is 1. The second-order valence-electron chi connectivity index (χ2n) is 5.89. The van der Waals surface area contributed by atoms with Crippen molar-refractivity contribution in [2.75, 3.05) is 7.11 Å². The van der Waals surface area contributed by atoms with Gasteiger partial charge in [0, 0.05) is 6.54 Å². The number of aryl methyl sites for hydroxylation is 1. The van der Waals surface area contributed by atoms with Crippen LogP contribution in [0.4, 0.5) is 0 Å². The Morgan fingerprint density at radius 1 is 1.22 bits per heavy atom. The summed E-state index contributed by atoms with van der Waals surface area (Å²) in [4.78, 5) is 37.1. The van der Waals surface area contributed by atoms with E-state index in [1.54, 1.807) is 30.3 Å². The molecule has 3 N–H and O–H groups in total. The number of carbonyl (C=O) groups excluding carboxylic acids is 3. The molecule has 1 aromatic heterocycles. The van der Waals surface area contributed by atoms with Gasteiger partial charge in [0.15, 0.2) is 0 Å². The minimum Gasteiger partial charge on any atom is -0.508 e. The smallest absolute Gasteiger partial charge is 0.328 e. The fourth-order valence-corrected chi connectivity index (χ4v) is 3.50. The molecule has 0 aliphatic heterocycles. The summed E-state index contributed by atoms with van der Waals surface area (Å²) in [6.45, 7) is 3.68. The van der Waals surface area contributed by atoms with Gasteiger partial charge in [0.25, 0.3) is 11.8 Å². The van der Waals surface area contributed by atoms with Crippen molar-refractivity contribution in [1.29, 1.82) is 0 Å². The summed E-state index contributed by atoms with van der Waals surface area (Å²) in [5.74, 6) is -1.13. The molecule has 1 heterocycles. The summed E-state index contributed by atoms with van der Waals surface area (Å²) < 4.78 is 4.60. The Morgan fingerprint density at radius 3 is 2.59 bits per heavy atom. The normalized spacial score (nSPS) is 11.5. The third kappa shape index (κ3) is 5.30. The van der Waals surface area contributed by atoms with Gasteiger partial charge in [0.1, 0.15) is 11.8 Å². The molecule has 0 aliphatic rings. The van der Waals surface area contributed by atoms with Gasteiger partial charge in [0.05, 0.1) is 16.9 Å². The lowest BCUT2D eigenvalue weighted by Crippen LogP contribution is -2.39. The van der Waals surface area contributed by atoms with E-state index < -0.39 is 17.9 Å². The molecule has 0 radical (unpaired) electrons. The first-order valence-corrected chi connectivity index (χ1v) is 9.24. The summed E-state index contributed by atoms with van der Waals surface area (Å²) >= 11 is 1.07. The van der Waals surface area contributed by atoms with E-state index in [2.05, 4.69) is 15.4 Å². The van der Waals surface area contributed by atoms with Gasteiger partial charge in [-0.1, -0.05) is 19.1 Å². The van der Waals surface area contributed by atoms with Gasteiger partial charge in [-0.05, 0) is 42.7 Å². The largest absolute Gasteiger partial charge is 0.508 e. The third-order valence-corrected chi connectivity index (χ3v) is 5.06. The van der Waals surface area contributed by atoms with Crippen LogP contribution in [0.1, 0.15) is 44.3 Å². The van der Waals surface area contributed by atoms with Gasteiger partial charge in [-0.3, -0.25) is 9.59 Å². The molecule has 2 aromatic rings. The van der Waals surface area contributed by atoms with Crippen molar-refractivity contribution >= 4 is 29.1 Å². The SMILES string of the molecule is CCc1cc(C(=O)NCc2cccc(O)c2)sc1C(=O)NC(C)C(=O)OC. The molecule has 0 aliphatic carbocycles. The summed E-state index contributed by atoms with van der Waals surface area (Å²) in [6, 6.07) is 7.51. The molecule has 0 saturated heterocycles. The number of nitrogens with one attached hydrogen (secondary N) is 2. The number of methoxy groups -OCH3 is 1. The van der Waals surface area contributed by atoms with Crippen LogP contribution >= 0.6 is 11.3 Å². The van der Waals surface area contributed by atoms with Crippen molar-refractivity contribution in [1.82, 2.24) is 10.6 Å². The van der Waals surface area contributed by atoms with E-state index in [4.69, 9.17) is 0 Å². The Bertz CT molecular complexity index is 846. The quantitative estimate of drug-likeness (QED) is 0.629. The molecule has 0 spiro atoms. The lowest BCUT2D eigenvalue weighted by molar-refractivity contribution is -0.142. The fraction of sp³-hybridized carbons (Fsp3) is 0.316. The van der Waals surface area contributed by atoms with Gasteiger partial charge in [0.2, 0.25) is 0 Å². The van der Waals surface area contributed by atoms with Crippen molar-refractivity contribution < 1.29 is 24.2 Å². The van der Waals surface area contributed by atoms with Gasteiger partial charge < -0.3 is 20.5 Å². The Hall–Kier alpha value is -2.87. The van der Waals surface area contributed by atoms with E-state index in [0.29, 0.717) is 16.2 Å². The molecule has 2 rings (SSSR count). The van der Waals surface area contributed by atoms with Crippen molar-refractivity contribution in [3.63, 3.8) is 0 Å². The summed E-state index contributed by atoms with van der Waals surface area (Å²) in [6.07, 6.45) is 0.575. The van der Waals surface area contributed by atoms with Crippen molar-refractivity contribution in [2.24, 2.45) is 0 Å². The molecular formula is C19H22N2O5S. The number of amides is 2. The maximum absolute atomic E-state index is 12.4. The number of benzene rings is 1. The first-order chi connectivity index (χ1) is 12.8. The van der Waals surface area contributed by atoms with Crippen LogP contribution in [0.15, 0.2) is 30.3 Å². The van der Waals surface area contributed by atoms with Gasteiger partial charge in [-0.2, -0.15) is 0 Å². The van der Waals surface area contributed by atoms with Crippen LogP contribution in [0, 0.1) is 0 Å². The Kier molecular flexibility index (Phi) is 6.95. The average molecular weight is 390 g/mol. The monoisotopic (exact) mass is 390 g/mol. The van der Waals surface area contributed by atoms with E-state index in [-0.39, 0.29) is 18.2 Å². The summed E-state index contributed by atoms with van der Waals surface area (Å²) in [5.41, 5.74) is 1.50. The number of thiophene rings is 1. The molecule has 0 saturated carbocycles. The number of ether oxygens (including phenoxy) is 1. The lowest BCUT2D eigenvalue weighted by Gasteiger charge is -2.11. The molecule has 1 atom stereocenters. The highest BCUT2D eigenvalue weighted by atomic mass is 32.1. The number of phenols is 1. The van der Waals surface area contributed by atoms with Crippen LogP contribution in [0.2, 0.25) is 0 Å². The highest BCUT2D eigenvalue weighted by Gasteiger charge is 2.22. The number of rotatable bonds is 7. The van der Waals surface area contributed by atoms with E-state index in [0.717, 1.165) is 22.5 Å². The van der Waals surface area contributed by atoms with Gasteiger partial charge >= 0.3 is 5.97 Å². The molecule has 1 unspecified atom stereocenters. The second-order valence-corrected chi connectivity index (χ2v) is 6.94. The molecular weight excluding hydrogens is 368 g/mol. The standard InChI is InChI=1S/C19H22N2O5S/c1-4-13-9-15(17(23)20-10-12-6-5-7-14(22)8-12)27-16(13)18(24)21-11(2)19(25)26-3/h5-9,11,22H,4,10H2,1-3H3,(H,20,23)(H,21,24). The van der Waals surface area contributed by atoms with Crippen molar-refractivity contribution in [3.05, 3.63) is 51.2 Å². The van der Waals surface area contributed by atoms with Crippen LogP contribution in [0.3, 0.4) is 0 Å². The number of hydrogen-bond donors (Lipinski definition) is 3. The molecule has 144 valence electrons. The third-order valence-electron chi connectivity index (χ3n) is 3.89. The summed E-state index contributed by atoms with van der Waals surface area (Å²) in [7, 11) is 1.25. The predicted molar refractivity (Wildman–Crippen MR) is 102 cm³/mol. The maximum atomic E-state index is 12.4. The topological polar surface area (TPSA) is 105 Å². The maximum Gasteiger partial charge on any atom is 0.328 e. The molecule has 2 amide bonds. The van der Waals surface area contributed by atoms with Crippen LogP contribution < -0.4 is 10.6 Å². The zero-order valence-corrected chi connectivity index (χ0v) is 16.2. The minimum absolute atomic E-state index is 0.129. The van der Waals surface area contributed by atoms with Crippen LogP contribution in [-0.2, 0) is 22.5 Å². The summed E-state index contributed by atoms with van der Waals surface area (Å²) in [5, 5.41) is 14.8. The highest BCUT2D eigenvalue weighted by molar-refractivity contribution is 7.16. The zero-order chi connectivity index (χ0) is 20.0. The highest BCUT2D eigenvalue weighted by Crippen LogP contribution is 2.23. The van der Waals surface area contributed by atoms with Crippen molar-refractivity contribution in [3.8, 4) is 5.75 Å². The van der Waals surface area contributed by atoms with Crippen LogP contribution in [-0.4, -0.2) is 36.0 Å². The van der Waals surface area contributed by atoms with Crippen LogP contribution in [0.5, 0.6) is 5.75 Å². The number of carbonyl (C=O) groups is 3. The predicted octanol–water partition coefficient (Wildman–Crippen LogP) is 2.24. The van der Waals surface area contributed by atoms with Gasteiger partial charge in [-0.15, -0.1) is 11.3 Å². The van der Waals surface area contributed by atoms with Crippen LogP contribution in [0.25, 0.3) is 0 Å². The first-order valence-electron chi connectivity index (χ1n) is 8.43. The number of hydrogen-bond acceptors (Lipinski definition) is 6. The van der Waals surface area contributed by atoms with Gasteiger partial charge in [-0.25, -0.2) is 4.79 Å². The molecule has 0 bridgehead atoms. The second kappa shape index (κ2) is 9.18. The zero-order valence-electron chi connectivity index (χ0n) is 15.4. The number of aromatic hydroxyl groups is 1.